The number of esters is 2. The van der Waals surface area contributed by atoms with Crippen LogP contribution in [0.2, 0.25) is 0 Å². The first-order chi connectivity index (χ1) is 13.2. The molecule has 0 amide bonds. The quantitative estimate of drug-likeness (QED) is 0.619. The maximum Gasteiger partial charge on any atom is 0.323 e. The molecule has 5 nitrogen and oxygen atoms in total. The molecule has 5 heteroatoms. The van der Waals surface area contributed by atoms with Crippen LogP contribution in [0.15, 0.2) is 30.3 Å². The van der Waals surface area contributed by atoms with Gasteiger partial charge in [-0.2, -0.15) is 0 Å². The molecule has 1 fully saturated rings. The van der Waals surface area contributed by atoms with Gasteiger partial charge in [0, 0.05) is 0 Å². The fourth-order valence-electron chi connectivity index (χ4n) is 3.66. The van der Waals surface area contributed by atoms with E-state index in [4.69, 9.17) is 9.47 Å². The lowest BCUT2D eigenvalue weighted by Gasteiger charge is -2.32. The first-order valence-corrected chi connectivity index (χ1v) is 10.4. The lowest BCUT2D eigenvalue weighted by atomic mass is 9.84. The molecular weight excluding hydrogens is 354 g/mol. The van der Waals surface area contributed by atoms with Gasteiger partial charge in [0.2, 0.25) is 0 Å². The van der Waals surface area contributed by atoms with Crippen molar-refractivity contribution in [2.75, 3.05) is 13.6 Å². The summed E-state index contributed by atoms with van der Waals surface area (Å²) in [5, 5.41) is 0. The average molecular weight is 390 g/mol. The van der Waals surface area contributed by atoms with Crippen LogP contribution in [0.5, 0.6) is 0 Å². The summed E-state index contributed by atoms with van der Waals surface area (Å²) in [4.78, 5) is 26.9. The van der Waals surface area contributed by atoms with Crippen LogP contribution in [-0.4, -0.2) is 42.1 Å². The predicted molar refractivity (Wildman–Crippen MR) is 110 cm³/mol. The molecule has 0 N–H and O–H groups in total. The smallest absolute Gasteiger partial charge is 0.323 e. The molecule has 1 atom stereocenters. The molecule has 1 aromatic carbocycles. The van der Waals surface area contributed by atoms with Crippen LogP contribution >= 0.6 is 0 Å². The minimum atomic E-state index is -0.545. The minimum Gasteiger partial charge on any atom is -0.460 e. The van der Waals surface area contributed by atoms with Crippen LogP contribution < -0.4 is 0 Å². The van der Waals surface area contributed by atoms with Gasteiger partial charge in [-0.25, -0.2) is 0 Å². The Balaban J connectivity index is 1.94. The molecule has 0 spiro atoms. The molecule has 0 aromatic heterocycles. The molecule has 0 unspecified atom stereocenters. The summed E-state index contributed by atoms with van der Waals surface area (Å²) < 4.78 is 11.0. The zero-order valence-electron chi connectivity index (χ0n) is 17.8. The van der Waals surface area contributed by atoms with Gasteiger partial charge >= 0.3 is 11.9 Å². The molecular formula is C23H35NO4. The van der Waals surface area contributed by atoms with Gasteiger partial charge in [0.05, 0.1) is 6.54 Å². The van der Waals surface area contributed by atoms with E-state index in [9.17, 15) is 9.59 Å². The van der Waals surface area contributed by atoms with Crippen molar-refractivity contribution in [2.24, 2.45) is 5.92 Å². The Morgan fingerprint density at radius 1 is 1.11 bits per heavy atom. The summed E-state index contributed by atoms with van der Waals surface area (Å²) >= 11 is 0. The van der Waals surface area contributed by atoms with Gasteiger partial charge in [0.1, 0.15) is 18.2 Å². The Bertz CT molecular complexity index is 617. The maximum atomic E-state index is 12.8. The topological polar surface area (TPSA) is 55.8 Å². The fraction of sp³-hybridized carbons (Fsp3) is 0.652. The molecule has 0 heterocycles. The summed E-state index contributed by atoms with van der Waals surface area (Å²) in [6.07, 6.45) is 6.73. The number of hydrogen-bond acceptors (Lipinski definition) is 5. The Morgan fingerprint density at radius 3 is 2.36 bits per heavy atom. The Kier molecular flexibility index (Phi) is 8.49. The van der Waals surface area contributed by atoms with E-state index >= 15 is 0 Å². The van der Waals surface area contributed by atoms with Crippen molar-refractivity contribution in [2.45, 2.75) is 77.5 Å². The largest absolute Gasteiger partial charge is 0.460 e. The molecule has 0 aliphatic heterocycles. The van der Waals surface area contributed by atoms with Gasteiger partial charge in [-0.15, -0.1) is 0 Å². The highest BCUT2D eigenvalue weighted by Crippen LogP contribution is 2.29. The molecule has 28 heavy (non-hydrogen) atoms. The molecule has 1 aliphatic rings. The van der Waals surface area contributed by atoms with E-state index in [0.717, 1.165) is 24.8 Å². The standard InChI is InChI=1S/C23H35NO4/c1-23(2,3)28-22(26)20(15-18-11-7-5-8-12-18)24(4)16-21(25)27-17-19-13-9-6-10-14-19/h6,9-10,13-14,18,20H,5,7-8,11-12,15-17H2,1-4H3/t20-/m1/s1. The van der Waals surface area contributed by atoms with Gasteiger partial charge in [-0.1, -0.05) is 62.4 Å². The number of rotatable bonds is 8. The normalized spacial score (nSPS) is 16.6. The first-order valence-electron chi connectivity index (χ1n) is 10.4. The van der Waals surface area contributed by atoms with Crippen molar-refractivity contribution in [3.63, 3.8) is 0 Å². The number of ether oxygens (including phenoxy) is 2. The van der Waals surface area contributed by atoms with Gasteiger partial charge in [-0.05, 0) is 45.7 Å². The van der Waals surface area contributed by atoms with Crippen molar-refractivity contribution >= 4 is 11.9 Å². The number of carbonyl (C=O) groups excluding carboxylic acids is 2. The summed E-state index contributed by atoms with van der Waals surface area (Å²) in [6.45, 7) is 5.93. The van der Waals surface area contributed by atoms with E-state index in [1.807, 2.05) is 51.1 Å². The fourth-order valence-corrected chi connectivity index (χ4v) is 3.66. The third-order valence-corrected chi connectivity index (χ3v) is 5.11. The highest BCUT2D eigenvalue weighted by atomic mass is 16.6. The number of hydrogen-bond donors (Lipinski definition) is 0. The predicted octanol–water partition coefficient (Wildman–Crippen LogP) is 4.34. The Hall–Kier alpha value is -1.88. The molecule has 156 valence electrons. The molecule has 0 radical (unpaired) electrons. The maximum absolute atomic E-state index is 12.8. The third kappa shape index (κ3) is 8.01. The second-order valence-corrected chi connectivity index (χ2v) is 8.85. The summed E-state index contributed by atoms with van der Waals surface area (Å²) in [7, 11) is 1.81. The SMILES string of the molecule is CN(CC(=O)OCc1ccccc1)[C@H](CC1CCCCC1)C(=O)OC(C)(C)C. The summed E-state index contributed by atoms with van der Waals surface area (Å²) in [5.74, 6) is -0.0750. The third-order valence-electron chi connectivity index (χ3n) is 5.11. The first kappa shape index (κ1) is 22.4. The van der Waals surface area contributed by atoms with E-state index in [0.29, 0.717) is 5.92 Å². The second kappa shape index (κ2) is 10.6. The van der Waals surface area contributed by atoms with Crippen molar-refractivity contribution in [1.29, 1.82) is 0 Å². The van der Waals surface area contributed by atoms with Crippen molar-refractivity contribution < 1.29 is 19.1 Å². The average Bonchev–Trinajstić information content (AvgIpc) is 2.64. The number of benzene rings is 1. The van der Waals surface area contributed by atoms with Crippen LogP contribution in [0.3, 0.4) is 0 Å². The molecule has 0 saturated heterocycles. The zero-order valence-corrected chi connectivity index (χ0v) is 17.8. The number of likely N-dealkylation sites (N-methyl/N-ethyl adjacent to an activating group) is 1. The number of carbonyl (C=O) groups is 2. The Labute approximate surface area is 169 Å². The minimum absolute atomic E-state index is 0.0729. The summed E-state index contributed by atoms with van der Waals surface area (Å²) in [5.41, 5.74) is 0.403. The monoisotopic (exact) mass is 389 g/mol. The second-order valence-electron chi connectivity index (χ2n) is 8.85. The van der Waals surface area contributed by atoms with Crippen molar-refractivity contribution in [3.8, 4) is 0 Å². The molecule has 1 saturated carbocycles. The van der Waals surface area contributed by atoms with E-state index < -0.39 is 11.6 Å². The molecule has 1 aromatic rings. The number of nitrogens with zero attached hydrogens (tertiary/aromatic N) is 1. The zero-order chi connectivity index (χ0) is 20.6. The van der Waals surface area contributed by atoms with E-state index in [1.54, 1.807) is 11.9 Å². The van der Waals surface area contributed by atoms with Crippen LogP contribution in [-0.2, 0) is 25.7 Å². The highest BCUT2D eigenvalue weighted by molar-refractivity contribution is 5.78. The Morgan fingerprint density at radius 2 is 1.75 bits per heavy atom. The molecule has 0 bridgehead atoms. The van der Waals surface area contributed by atoms with Gasteiger partial charge in [0.15, 0.2) is 0 Å². The van der Waals surface area contributed by atoms with Gasteiger partial charge < -0.3 is 9.47 Å². The van der Waals surface area contributed by atoms with Crippen LogP contribution in [0.1, 0.15) is 64.9 Å². The molecule has 2 rings (SSSR count). The van der Waals surface area contributed by atoms with Gasteiger partial charge in [0.25, 0.3) is 0 Å². The molecule has 1 aliphatic carbocycles. The van der Waals surface area contributed by atoms with Crippen LogP contribution in [0.25, 0.3) is 0 Å². The lowest BCUT2D eigenvalue weighted by molar-refractivity contribution is -0.163. The summed E-state index contributed by atoms with van der Waals surface area (Å²) in [6, 6.07) is 9.17. The van der Waals surface area contributed by atoms with E-state index in [-0.39, 0.29) is 25.1 Å². The lowest BCUT2D eigenvalue weighted by Crippen LogP contribution is -2.46. The van der Waals surface area contributed by atoms with Crippen molar-refractivity contribution in [3.05, 3.63) is 35.9 Å². The van der Waals surface area contributed by atoms with E-state index in [1.165, 1.54) is 19.3 Å². The van der Waals surface area contributed by atoms with E-state index in [2.05, 4.69) is 0 Å². The van der Waals surface area contributed by atoms with Gasteiger partial charge in [-0.3, -0.25) is 14.5 Å². The van der Waals surface area contributed by atoms with Crippen LogP contribution in [0.4, 0.5) is 0 Å². The van der Waals surface area contributed by atoms with Crippen LogP contribution in [0, 0.1) is 5.92 Å². The highest BCUT2D eigenvalue weighted by Gasteiger charge is 2.32. The van der Waals surface area contributed by atoms with Crippen molar-refractivity contribution in [1.82, 2.24) is 4.90 Å².